The Bertz CT molecular complexity index is 352. The van der Waals surface area contributed by atoms with Crippen molar-refractivity contribution in [3.05, 3.63) is 0 Å². The largest absolute Gasteiger partial charge is 0.394 e. The molecule has 0 bridgehead atoms. The highest BCUT2D eigenvalue weighted by Crippen LogP contribution is 2.21. The fraction of sp³-hybridized carbons (Fsp3) is 1.00. The molecule has 174 valence electrons. The normalized spacial score (nSPS) is 23.0. The van der Waals surface area contributed by atoms with E-state index in [0.29, 0.717) is 6.61 Å². The minimum absolute atomic E-state index is 0.280. The van der Waals surface area contributed by atoms with Crippen LogP contribution in [0.25, 0.3) is 0 Å². The van der Waals surface area contributed by atoms with E-state index < -0.39 is 31.0 Å². The maximum absolute atomic E-state index is 10.1. The van der Waals surface area contributed by atoms with Crippen molar-refractivity contribution in [2.45, 2.75) is 134 Å². The molecule has 0 aliphatic carbocycles. The molecule has 0 aromatic carbocycles. The van der Waals surface area contributed by atoms with Crippen LogP contribution in [-0.4, -0.2) is 59.6 Å². The van der Waals surface area contributed by atoms with Gasteiger partial charge in [-0.3, -0.25) is 0 Å². The molecule has 29 heavy (non-hydrogen) atoms. The summed E-state index contributed by atoms with van der Waals surface area (Å²) in [7, 11) is 0. The summed E-state index contributed by atoms with van der Waals surface area (Å²) < 4.78 is 11.0. The van der Waals surface area contributed by atoms with Gasteiger partial charge in [-0.25, -0.2) is 0 Å². The molecule has 0 aromatic heterocycles. The molecule has 1 saturated heterocycles. The van der Waals surface area contributed by atoms with Gasteiger partial charge in [-0.15, -0.1) is 0 Å². The first-order valence-corrected chi connectivity index (χ1v) is 12.4. The van der Waals surface area contributed by atoms with E-state index in [4.69, 9.17) is 14.6 Å². The van der Waals surface area contributed by atoms with Gasteiger partial charge in [0.2, 0.25) is 0 Å². The van der Waals surface area contributed by atoms with Crippen LogP contribution in [0, 0.1) is 0 Å². The van der Waals surface area contributed by atoms with E-state index in [1.165, 1.54) is 89.9 Å². The van der Waals surface area contributed by atoms with Crippen LogP contribution < -0.4 is 0 Å². The molecule has 0 radical (unpaired) electrons. The van der Waals surface area contributed by atoms with Crippen LogP contribution in [-0.2, 0) is 9.47 Å². The van der Waals surface area contributed by atoms with E-state index in [2.05, 4.69) is 6.92 Å². The second kappa shape index (κ2) is 18.6. The zero-order chi connectivity index (χ0) is 21.2. The number of aliphatic hydroxyl groups excluding tert-OH is 3. The summed E-state index contributed by atoms with van der Waals surface area (Å²) in [6.07, 6.45) is 18.5. The Hall–Kier alpha value is -0.200. The summed E-state index contributed by atoms with van der Waals surface area (Å²) >= 11 is 0. The van der Waals surface area contributed by atoms with Crippen molar-refractivity contribution >= 4 is 0 Å². The molecule has 1 aliphatic rings. The molecule has 1 aliphatic heterocycles. The predicted molar refractivity (Wildman–Crippen MR) is 118 cm³/mol. The van der Waals surface area contributed by atoms with Crippen molar-refractivity contribution in [1.82, 2.24) is 0 Å². The van der Waals surface area contributed by atoms with Gasteiger partial charge in [0, 0.05) is 6.61 Å². The van der Waals surface area contributed by atoms with Crippen LogP contribution in [0.1, 0.15) is 110 Å². The molecule has 1 fully saturated rings. The third-order valence-electron chi connectivity index (χ3n) is 6.07. The summed E-state index contributed by atoms with van der Waals surface area (Å²) in [4.78, 5) is 0. The Morgan fingerprint density at radius 2 is 1.24 bits per heavy atom. The number of rotatable bonds is 20. The fourth-order valence-electron chi connectivity index (χ4n) is 4.09. The molecule has 0 amide bonds. The molecule has 0 unspecified atom stereocenters. The van der Waals surface area contributed by atoms with Crippen molar-refractivity contribution in [2.24, 2.45) is 0 Å². The van der Waals surface area contributed by atoms with Crippen LogP contribution in [0.2, 0.25) is 0 Å². The zero-order valence-corrected chi connectivity index (χ0v) is 18.9. The molecular formula is C24H48O5. The number of aliphatic hydroxyl groups is 3. The molecular weight excluding hydrogens is 368 g/mol. The second-order valence-electron chi connectivity index (χ2n) is 8.75. The molecule has 5 nitrogen and oxygen atoms in total. The first kappa shape index (κ1) is 26.8. The summed E-state index contributed by atoms with van der Waals surface area (Å²) in [5.41, 5.74) is 0. The first-order valence-electron chi connectivity index (χ1n) is 12.4. The van der Waals surface area contributed by atoms with Gasteiger partial charge < -0.3 is 24.8 Å². The standard InChI is InChI=1S/C24H48O5/c1-2-3-4-5-6-7-8-9-10-11-12-13-14-15-16-17-18-28-22-20-29-24(23(22)27)21(26)19-25/h21-27H,2-20H2,1H3/t21-,22+,23-,24-/m0/s1. The summed E-state index contributed by atoms with van der Waals surface area (Å²) in [6.45, 7) is 2.76. The fourth-order valence-corrected chi connectivity index (χ4v) is 4.09. The number of ether oxygens (including phenoxy) is 2. The quantitative estimate of drug-likeness (QED) is 0.250. The van der Waals surface area contributed by atoms with Gasteiger partial charge in [0.15, 0.2) is 0 Å². The van der Waals surface area contributed by atoms with Gasteiger partial charge in [0.05, 0.1) is 13.2 Å². The smallest absolute Gasteiger partial charge is 0.114 e. The molecule has 0 saturated carbocycles. The van der Waals surface area contributed by atoms with Crippen LogP contribution in [0.15, 0.2) is 0 Å². The summed E-state index contributed by atoms with van der Waals surface area (Å²) in [5.74, 6) is 0. The van der Waals surface area contributed by atoms with Gasteiger partial charge in [0.25, 0.3) is 0 Å². The Balaban J connectivity index is 1.79. The summed E-state index contributed by atoms with van der Waals surface area (Å²) in [6, 6.07) is 0. The lowest BCUT2D eigenvalue weighted by Gasteiger charge is -2.20. The van der Waals surface area contributed by atoms with Crippen LogP contribution >= 0.6 is 0 Å². The van der Waals surface area contributed by atoms with Gasteiger partial charge >= 0.3 is 0 Å². The van der Waals surface area contributed by atoms with E-state index in [1.807, 2.05) is 0 Å². The number of hydrogen-bond donors (Lipinski definition) is 3. The molecule has 0 aromatic rings. The topological polar surface area (TPSA) is 79.2 Å². The van der Waals surface area contributed by atoms with Crippen LogP contribution in [0.5, 0.6) is 0 Å². The Morgan fingerprint density at radius 3 is 1.69 bits per heavy atom. The molecule has 1 heterocycles. The minimum atomic E-state index is -1.05. The Morgan fingerprint density at radius 1 is 0.793 bits per heavy atom. The summed E-state index contributed by atoms with van der Waals surface area (Å²) in [5, 5.41) is 28.6. The van der Waals surface area contributed by atoms with Gasteiger partial charge in [-0.05, 0) is 6.42 Å². The Kier molecular flexibility index (Phi) is 17.2. The average molecular weight is 417 g/mol. The second-order valence-corrected chi connectivity index (χ2v) is 8.75. The highest BCUT2D eigenvalue weighted by atomic mass is 16.6. The van der Waals surface area contributed by atoms with Crippen molar-refractivity contribution in [2.75, 3.05) is 19.8 Å². The van der Waals surface area contributed by atoms with Gasteiger partial charge in [-0.1, -0.05) is 103 Å². The highest BCUT2D eigenvalue weighted by Gasteiger charge is 2.40. The van der Waals surface area contributed by atoms with Gasteiger partial charge in [0.1, 0.15) is 24.4 Å². The third kappa shape index (κ3) is 13.0. The molecule has 3 N–H and O–H groups in total. The lowest BCUT2D eigenvalue weighted by molar-refractivity contribution is -0.0730. The molecule has 4 atom stereocenters. The maximum Gasteiger partial charge on any atom is 0.114 e. The molecule has 5 heteroatoms. The maximum atomic E-state index is 10.1. The van der Waals surface area contributed by atoms with Crippen molar-refractivity contribution < 1.29 is 24.8 Å². The van der Waals surface area contributed by atoms with E-state index in [-0.39, 0.29) is 6.61 Å². The minimum Gasteiger partial charge on any atom is -0.394 e. The van der Waals surface area contributed by atoms with Crippen LogP contribution in [0.3, 0.4) is 0 Å². The van der Waals surface area contributed by atoms with E-state index in [0.717, 1.165) is 12.8 Å². The lowest BCUT2D eigenvalue weighted by Crippen LogP contribution is -2.41. The molecule has 0 spiro atoms. The SMILES string of the molecule is CCCCCCCCCCCCCCCCCCO[C@@H]1CO[C@@H]([C@@H](O)CO)[C@H]1O. The molecule has 1 rings (SSSR count). The number of hydrogen-bond acceptors (Lipinski definition) is 5. The number of unbranched alkanes of at least 4 members (excludes halogenated alkanes) is 15. The third-order valence-corrected chi connectivity index (χ3v) is 6.07. The average Bonchev–Trinajstić information content (AvgIpc) is 3.10. The zero-order valence-electron chi connectivity index (χ0n) is 18.9. The van der Waals surface area contributed by atoms with Crippen LogP contribution in [0.4, 0.5) is 0 Å². The van der Waals surface area contributed by atoms with Crippen molar-refractivity contribution in [3.8, 4) is 0 Å². The lowest BCUT2D eigenvalue weighted by atomic mass is 10.0. The predicted octanol–water partition coefficient (Wildman–Crippen LogP) is 4.75. The van der Waals surface area contributed by atoms with Crippen molar-refractivity contribution in [1.29, 1.82) is 0 Å². The van der Waals surface area contributed by atoms with E-state index in [1.54, 1.807) is 0 Å². The Labute approximate surface area is 179 Å². The van der Waals surface area contributed by atoms with Gasteiger partial charge in [-0.2, -0.15) is 0 Å². The highest BCUT2D eigenvalue weighted by molar-refractivity contribution is 4.88. The van der Waals surface area contributed by atoms with E-state index >= 15 is 0 Å². The first-order chi connectivity index (χ1) is 14.2. The van der Waals surface area contributed by atoms with Crippen molar-refractivity contribution in [3.63, 3.8) is 0 Å². The van der Waals surface area contributed by atoms with E-state index in [9.17, 15) is 10.2 Å². The monoisotopic (exact) mass is 416 g/mol.